The van der Waals surface area contributed by atoms with E-state index in [1.165, 1.54) is 5.56 Å². The van der Waals surface area contributed by atoms with Crippen LogP contribution in [-0.2, 0) is 6.54 Å². The number of nitrogens with zero attached hydrogens (tertiary/aromatic N) is 2. The van der Waals surface area contributed by atoms with E-state index in [4.69, 9.17) is 16.6 Å². The summed E-state index contributed by atoms with van der Waals surface area (Å²) in [6.45, 7) is 9.23. The molecule has 0 amide bonds. The molecule has 1 unspecified atom stereocenters. The van der Waals surface area contributed by atoms with Crippen molar-refractivity contribution in [1.82, 2.24) is 9.80 Å². The van der Waals surface area contributed by atoms with Crippen LogP contribution in [0.5, 0.6) is 0 Å². The lowest BCUT2D eigenvalue weighted by Crippen LogP contribution is -2.49. The second-order valence-electron chi connectivity index (χ2n) is 6.70. The average molecular weight is 358 g/mol. The van der Waals surface area contributed by atoms with Crippen LogP contribution in [0.15, 0.2) is 47.1 Å². The molecule has 1 atom stereocenters. The Morgan fingerprint density at radius 3 is 2.48 bits per heavy atom. The topological polar surface area (TPSA) is 31.6 Å². The fourth-order valence-electron chi connectivity index (χ4n) is 3.07. The van der Waals surface area contributed by atoms with E-state index in [0.717, 1.165) is 55.7 Å². The number of rotatable bonds is 5. The summed E-state index contributed by atoms with van der Waals surface area (Å²) in [5.41, 5.74) is 2.44. The quantitative estimate of drug-likeness (QED) is 0.806. The number of thiocarbonyl (C=S) groups is 1. The summed E-state index contributed by atoms with van der Waals surface area (Å²) >= 11 is 5.60. The standard InChI is InChI=1S/C20H27N3OS/c1-3-16(2)17-6-8-18(9-7-17)21-20(25)23-12-10-22(11-13-23)15-19-5-4-14-24-19/h4-9,14,16H,3,10-13,15H2,1-2H3,(H,21,25). The maximum Gasteiger partial charge on any atom is 0.173 e. The summed E-state index contributed by atoms with van der Waals surface area (Å²) in [4.78, 5) is 4.65. The molecule has 0 spiro atoms. The highest BCUT2D eigenvalue weighted by Crippen LogP contribution is 2.21. The van der Waals surface area contributed by atoms with Gasteiger partial charge in [0, 0.05) is 31.9 Å². The zero-order valence-corrected chi connectivity index (χ0v) is 15.9. The van der Waals surface area contributed by atoms with Crippen molar-refractivity contribution in [2.75, 3.05) is 31.5 Å². The average Bonchev–Trinajstić information content (AvgIpc) is 3.15. The molecule has 2 aromatic rings. The van der Waals surface area contributed by atoms with Crippen LogP contribution in [0.2, 0.25) is 0 Å². The van der Waals surface area contributed by atoms with Crippen molar-refractivity contribution < 1.29 is 4.42 Å². The van der Waals surface area contributed by atoms with E-state index in [0.29, 0.717) is 5.92 Å². The largest absolute Gasteiger partial charge is 0.468 e. The summed E-state index contributed by atoms with van der Waals surface area (Å²) in [5, 5.41) is 4.19. The van der Waals surface area contributed by atoms with Gasteiger partial charge in [-0.15, -0.1) is 0 Å². The highest BCUT2D eigenvalue weighted by atomic mass is 32.1. The van der Waals surface area contributed by atoms with Crippen molar-refractivity contribution in [3.8, 4) is 0 Å². The smallest absolute Gasteiger partial charge is 0.173 e. The molecule has 1 saturated heterocycles. The molecule has 134 valence electrons. The molecule has 25 heavy (non-hydrogen) atoms. The molecule has 1 aromatic carbocycles. The molecule has 0 radical (unpaired) electrons. The van der Waals surface area contributed by atoms with Gasteiger partial charge in [0.1, 0.15) is 5.76 Å². The second-order valence-corrected chi connectivity index (χ2v) is 7.09. The molecule has 4 nitrogen and oxygen atoms in total. The Labute approximate surface area is 155 Å². The predicted octanol–water partition coefficient (Wildman–Crippen LogP) is 4.31. The molecule has 1 N–H and O–H groups in total. The summed E-state index contributed by atoms with van der Waals surface area (Å²) < 4.78 is 5.43. The number of piperazine rings is 1. The molecule has 1 aliphatic rings. The molecule has 0 bridgehead atoms. The van der Waals surface area contributed by atoms with Gasteiger partial charge in [-0.25, -0.2) is 0 Å². The first kappa shape index (κ1) is 18.0. The van der Waals surface area contributed by atoms with Crippen LogP contribution in [0.3, 0.4) is 0 Å². The van der Waals surface area contributed by atoms with Crippen LogP contribution in [0.1, 0.15) is 37.5 Å². The number of benzene rings is 1. The van der Waals surface area contributed by atoms with Gasteiger partial charge in [0.15, 0.2) is 5.11 Å². The molecule has 2 heterocycles. The molecule has 1 aliphatic heterocycles. The lowest BCUT2D eigenvalue weighted by atomic mass is 9.99. The van der Waals surface area contributed by atoms with Crippen LogP contribution < -0.4 is 5.32 Å². The zero-order chi connectivity index (χ0) is 17.6. The molecule has 1 aromatic heterocycles. The maximum absolute atomic E-state index is 5.60. The van der Waals surface area contributed by atoms with Crippen LogP contribution in [0, 0.1) is 0 Å². The minimum absolute atomic E-state index is 0.600. The van der Waals surface area contributed by atoms with Crippen molar-refractivity contribution >= 4 is 23.0 Å². The number of furan rings is 1. The van der Waals surface area contributed by atoms with Crippen LogP contribution >= 0.6 is 12.2 Å². The van der Waals surface area contributed by atoms with Gasteiger partial charge in [0.05, 0.1) is 12.8 Å². The number of nitrogens with one attached hydrogen (secondary N) is 1. The van der Waals surface area contributed by atoms with Crippen molar-refractivity contribution in [3.05, 3.63) is 54.0 Å². The van der Waals surface area contributed by atoms with Crippen LogP contribution in [0.25, 0.3) is 0 Å². The van der Waals surface area contributed by atoms with Gasteiger partial charge in [0.2, 0.25) is 0 Å². The van der Waals surface area contributed by atoms with Crippen LogP contribution in [-0.4, -0.2) is 41.1 Å². The van der Waals surface area contributed by atoms with Crippen LogP contribution in [0.4, 0.5) is 5.69 Å². The number of hydrogen-bond acceptors (Lipinski definition) is 3. The molecular weight excluding hydrogens is 330 g/mol. The SMILES string of the molecule is CCC(C)c1ccc(NC(=S)N2CCN(Cc3ccco3)CC2)cc1. The van der Waals surface area contributed by atoms with E-state index in [-0.39, 0.29) is 0 Å². The minimum Gasteiger partial charge on any atom is -0.468 e. The lowest BCUT2D eigenvalue weighted by molar-refractivity contribution is 0.166. The van der Waals surface area contributed by atoms with Gasteiger partial charge in [0.25, 0.3) is 0 Å². The van der Waals surface area contributed by atoms with Crippen molar-refractivity contribution in [3.63, 3.8) is 0 Å². The third-order valence-electron chi connectivity index (χ3n) is 4.96. The van der Waals surface area contributed by atoms with Gasteiger partial charge in [-0.05, 0) is 54.4 Å². The molecule has 0 aliphatic carbocycles. The fourth-order valence-corrected chi connectivity index (χ4v) is 3.37. The van der Waals surface area contributed by atoms with E-state index < -0.39 is 0 Å². The normalized spacial score (nSPS) is 16.6. The van der Waals surface area contributed by atoms with Gasteiger partial charge >= 0.3 is 0 Å². The van der Waals surface area contributed by atoms with Crippen molar-refractivity contribution in [2.45, 2.75) is 32.7 Å². The predicted molar refractivity (Wildman–Crippen MR) is 107 cm³/mol. The van der Waals surface area contributed by atoms with Crippen molar-refractivity contribution in [1.29, 1.82) is 0 Å². The summed E-state index contributed by atoms with van der Waals surface area (Å²) in [6, 6.07) is 12.6. The molecule has 1 fully saturated rings. The van der Waals surface area contributed by atoms with Gasteiger partial charge < -0.3 is 14.6 Å². The Balaban J connectivity index is 1.47. The lowest BCUT2D eigenvalue weighted by Gasteiger charge is -2.35. The Kier molecular flexibility index (Phi) is 6.10. The number of anilines is 1. The van der Waals surface area contributed by atoms with E-state index in [1.54, 1.807) is 6.26 Å². The Morgan fingerprint density at radius 1 is 1.16 bits per heavy atom. The third kappa shape index (κ3) is 4.83. The number of hydrogen-bond donors (Lipinski definition) is 1. The first-order valence-corrected chi connectivity index (χ1v) is 9.47. The first-order valence-electron chi connectivity index (χ1n) is 9.06. The Hall–Kier alpha value is -1.85. The highest BCUT2D eigenvalue weighted by molar-refractivity contribution is 7.80. The Morgan fingerprint density at radius 2 is 1.88 bits per heavy atom. The van der Waals surface area contributed by atoms with E-state index in [2.05, 4.69) is 53.2 Å². The second kappa shape index (κ2) is 8.50. The monoisotopic (exact) mass is 357 g/mol. The third-order valence-corrected chi connectivity index (χ3v) is 5.32. The van der Waals surface area contributed by atoms with Gasteiger partial charge in [-0.2, -0.15) is 0 Å². The summed E-state index contributed by atoms with van der Waals surface area (Å²) in [5.74, 6) is 1.62. The van der Waals surface area contributed by atoms with E-state index in [9.17, 15) is 0 Å². The maximum atomic E-state index is 5.60. The van der Waals surface area contributed by atoms with E-state index >= 15 is 0 Å². The molecular formula is C20H27N3OS. The molecule has 0 saturated carbocycles. The van der Waals surface area contributed by atoms with Gasteiger partial charge in [-0.3, -0.25) is 4.90 Å². The van der Waals surface area contributed by atoms with Gasteiger partial charge in [-0.1, -0.05) is 26.0 Å². The minimum atomic E-state index is 0.600. The zero-order valence-electron chi connectivity index (χ0n) is 15.1. The summed E-state index contributed by atoms with van der Waals surface area (Å²) in [6.07, 6.45) is 2.89. The van der Waals surface area contributed by atoms with E-state index in [1.807, 2.05) is 12.1 Å². The fraction of sp³-hybridized carbons (Fsp3) is 0.450. The molecule has 5 heteroatoms. The Bertz CT molecular complexity index is 661. The molecule has 3 rings (SSSR count). The first-order chi connectivity index (χ1) is 12.2. The summed E-state index contributed by atoms with van der Waals surface area (Å²) in [7, 11) is 0. The van der Waals surface area contributed by atoms with Crippen molar-refractivity contribution in [2.24, 2.45) is 0 Å². The highest BCUT2D eigenvalue weighted by Gasteiger charge is 2.19.